The third kappa shape index (κ3) is 1.67. The fourth-order valence-electron chi connectivity index (χ4n) is 0.612. The minimum absolute atomic E-state index is 0.528. The summed E-state index contributed by atoms with van der Waals surface area (Å²) in [5.74, 6) is 0. The Bertz CT molecular complexity index is 160. The first-order chi connectivity index (χ1) is 4.34. The molecule has 1 atom stereocenters. The molecule has 0 saturated heterocycles. The van der Waals surface area contributed by atoms with Gasteiger partial charge < -0.3 is 0 Å². The lowest BCUT2D eigenvalue weighted by Crippen LogP contribution is -2.05. The van der Waals surface area contributed by atoms with Crippen LogP contribution < -0.4 is 0 Å². The number of hydrogen-bond donors (Lipinski definition) is 0. The fraction of sp³-hybridized carbons (Fsp3) is 0.500. The van der Waals surface area contributed by atoms with Crippen molar-refractivity contribution in [1.29, 1.82) is 0 Å². The van der Waals surface area contributed by atoms with Crippen molar-refractivity contribution in [1.82, 2.24) is 9.78 Å². The average Bonchev–Trinajstić information content (AvgIpc) is 2.37. The molecule has 0 aliphatic rings. The van der Waals surface area contributed by atoms with E-state index in [0.717, 1.165) is 4.43 Å². The number of nitrogens with zero attached hydrogens (tertiary/aromatic N) is 2. The van der Waals surface area contributed by atoms with Crippen molar-refractivity contribution < 1.29 is 0 Å². The van der Waals surface area contributed by atoms with E-state index in [1.807, 2.05) is 23.1 Å². The van der Waals surface area contributed by atoms with Crippen molar-refractivity contribution in [2.45, 2.75) is 13.0 Å². The Labute approximate surface area is 68.4 Å². The molecular formula is C6H9IN2. The zero-order valence-electron chi connectivity index (χ0n) is 5.29. The average molecular weight is 236 g/mol. The Morgan fingerprint density at radius 2 is 2.56 bits per heavy atom. The van der Waals surface area contributed by atoms with Gasteiger partial charge in [0.2, 0.25) is 0 Å². The Kier molecular flexibility index (Phi) is 2.50. The zero-order valence-corrected chi connectivity index (χ0v) is 7.45. The van der Waals surface area contributed by atoms with Gasteiger partial charge in [0.25, 0.3) is 0 Å². The number of alkyl halides is 1. The molecule has 1 rings (SSSR count). The highest BCUT2D eigenvalue weighted by Crippen LogP contribution is 2.05. The molecule has 50 valence electrons. The van der Waals surface area contributed by atoms with Gasteiger partial charge >= 0.3 is 0 Å². The molecule has 1 aromatic heterocycles. The van der Waals surface area contributed by atoms with Gasteiger partial charge in [0.05, 0.1) is 6.04 Å². The van der Waals surface area contributed by atoms with Crippen molar-refractivity contribution in [2.75, 3.05) is 4.43 Å². The molecule has 1 heterocycles. The second-order valence-corrected chi connectivity index (χ2v) is 2.87. The molecule has 0 radical (unpaired) electrons. The molecule has 0 aromatic carbocycles. The Balaban J connectivity index is 2.65. The largest absolute Gasteiger partial charge is 0.269 e. The van der Waals surface area contributed by atoms with Gasteiger partial charge in [0, 0.05) is 16.8 Å². The van der Waals surface area contributed by atoms with Crippen molar-refractivity contribution in [3.8, 4) is 0 Å². The maximum Gasteiger partial charge on any atom is 0.0580 e. The maximum atomic E-state index is 4.10. The van der Waals surface area contributed by atoms with Crippen molar-refractivity contribution >= 4 is 22.6 Å². The molecule has 9 heavy (non-hydrogen) atoms. The first kappa shape index (κ1) is 7.05. The molecule has 0 aliphatic carbocycles. The van der Waals surface area contributed by atoms with Gasteiger partial charge in [-0.1, -0.05) is 22.6 Å². The monoisotopic (exact) mass is 236 g/mol. The summed E-state index contributed by atoms with van der Waals surface area (Å²) < 4.78 is 3.08. The Hall–Kier alpha value is -0.0600. The third-order valence-electron chi connectivity index (χ3n) is 1.20. The van der Waals surface area contributed by atoms with Crippen LogP contribution in [0.4, 0.5) is 0 Å². The van der Waals surface area contributed by atoms with E-state index >= 15 is 0 Å². The summed E-state index contributed by atoms with van der Waals surface area (Å²) in [7, 11) is 0. The molecule has 1 unspecified atom stereocenters. The first-order valence-corrected chi connectivity index (χ1v) is 4.42. The molecule has 0 N–H and O–H groups in total. The predicted molar refractivity (Wildman–Crippen MR) is 45.8 cm³/mol. The summed E-state index contributed by atoms with van der Waals surface area (Å²) >= 11 is 2.35. The molecule has 0 spiro atoms. The smallest absolute Gasteiger partial charge is 0.0580 e. The molecule has 0 aliphatic heterocycles. The van der Waals surface area contributed by atoms with Gasteiger partial charge in [-0.25, -0.2) is 0 Å². The Morgan fingerprint density at radius 3 is 3.00 bits per heavy atom. The van der Waals surface area contributed by atoms with E-state index in [4.69, 9.17) is 0 Å². The SMILES string of the molecule is CC(CI)n1cccn1. The topological polar surface area (TPSA) is 17.8 Å². The molecule has 2 nitrogen and oxygen atoms in total. The van der Waals surface area contributed by atoms with Crippen molar-refractivity contribution in [3.63, 3.8) is 0 Å². The molecule has 0 amide bonds. The van der Waals surface area contributed by atoms with Crippen LogP contribution in [-0.2, 0) is 0 Å². The summed E-state index contributed by atoms with van der Waals surface area (Å²) in [5, 5.41) is 4.10. The van der Waals surface area contributed by atoms with Crippen LogP contribution in [0.5, 0.6) is 0 Å². The summed E-state index contributed by atoms with van der Waals surface area (Å²) in [5.41, 5.74) is 0. The van der Waals surface area contributed by atoms with Crippen LogP contribution in [0.3, 0.4) is 0 Å². The van der Waals surface area contributed by atoms with Crippen LogP contribution in [0.25, 0.3) is 0 Å². The molecular weight excluding hydrogens is 227 g/mol. The number of aromatic nitrogens is 2. The van der Waals surface area contributed by atoms with Gasteiger partial charge in [0.15, 0.2) is 0 Å². The van der Waals surface area contributed by atoms with Gasteiger partial charge in [-0.15, -0.1) is 0 Å². The summed E-state index contributed by atoms with van der Waals surface area (Å²) in [6.45, 7) is 2.15. The minimum Gasteiger partial charge on any atom is -0.269 e. The van der Waals surface area contributed by atoms with Crippen LogP contribution in [0.15, 0.2) is 18.5 Å². The van der Waals surface area contributed by atoms with Crippen molar-refractivity contribution in [2.24, 2.45) is 0 Å². The highest BCUT2D eigenvalue weighted by Gasteiger charge is 1.98. The highest BCUT2D eigenvalue weighted by atomic mass is 127. The lowest BCUT2D eigenvalue weighted by molar-refractivity contribution is 0.546. The Morgan fingerprint density at radius 1 is 1.78 bits per heavy atom. The first-order valence-electron chi connectivity index (χ1n) is 2.89. The minimum atomic E-state index is 0.528. The van der Waals surface area contributed by atoms with Crippen LogP contribution in [0.1, 0.15) is 13.0 Å². The van der Waals surface area contributed by atoms with E-state index in [9.17, 15) is 0 Å². The van der Waals surface area contributed by atoms with Gasteiger partial charge in [-0.3, -0.25) is 4.68 Å². The van der Waals surface area contributed by atoms with Crippen LogP contribution in [-0.4, -0.2) is 14.2 Å². The van der Waals surface area contributed by atoms with Gasteiger partial charge in [-0.05, 0) is 13.0 Å². The highest BCUT2D eigenvalue weighted by molar-refractivity contribution is 14.1. The summed E-state index contributed by atoms with van der Waals surface area (Å²) in [6.07, 6.45) is 3.80. The molecule has 0 saturated carbocycles. The standard InChI is InChI=1S/C6H9IN2/c1-6(5-7)9-4-2-3-8-9/h2-4,6H,5H2,1H3. The lowest BCUT2D eigenvalue weighted by atomic mass is 10.4. The summed E-state index contributed by atoms with van der Waals surface area (Å²) in [6, 6.07) is 2.48. The van der Waals surface area contributed by atoms with E-state index in [0.29, 0.717) is 6.04 Å². The fourth-order valence-corrected chi connectivity index (χ4v) is 1.02. The van der Waals surface area contributed by atoms with E-state index in [-0.39, 0.29) is 0 Å². The molecule has 0 bridgehead atoms. The third-order valence-corrected chi connectivity index (χ3v) is 2.47. The summed E-state index contributed by atoms with van der Waals surface area (Å²) in [4.78, 5) is 0. The number of halogens is 1. The number of rotatable bonds is 2. The normalized spacial score (nSPS) is 13.6. The van der Waals surface area contributed by atoms with E-state index in [1.54, 1.807) is 0 Å². The van der Waals surface area contributed by atoms with E-state index in [1.165, 1.54) is 0 Å². The maximum absolute atomic E-state index is 4.10. The molecule has 3 heteroatoms. The van der Waals surface area contributed by atoms with Crippen LogP contribution in [0.2, 0.25) is 0 Å². The predicted octanol–water partition coefficient (Wildman–Crippen LogP) is 1.88. The van der Waals surface area contributed by atoms with Gasteiger partial charge in [0.1, 0.15) is 0 Å². The van der Waals surface area contributed by atoms with Crippen LogP contribution in [0, 0.1) is 0 Å². The molecule has 0 fully saturated rings. The van der Waals surface area contributed by atoms with Crippen LogP contribution >= 0.6 is 22.6 Å². The zero-order chi connectivity index (χ0) is 6.69. The van der Waals surface area contributed by atoms with Crippen molar-refractivity contribution in [3.05, 3.63) is 18.5 Å². The molecule has 1 aromatic rings. The second kappa shape index (κ2) is 3.20. The lowest BCUT2D eigenvalue weighted by Gasteiger charge is -2.05. The number of hydrogen-bond acceptors (Lipinski definition) is 1. The van der Waals surface area contributed by atoms with E-state index < -0.39 is 0 Å². The van der Waals surface area contributed by atoms with E-state index in [2.05, 4.69) is 34.6 Å². The quantitative estimate of drug-likeness (QED) is 0.566. The van der Waals surface area contributed by atoms with Gasteiger partial charge in [-0.2, -0.15) is 5.10 Å². The second-order valence-electron chi connectivity index (χ2n) is 1.99.